The summed E-state index contributed by atoms with van der Waals surface area (Å²) < 4.78 is 24.4. The predicted molar refractivity (Wildman–Crippen MR) is 90.2 cm³/mol. The van der Waals surface area contributed by atoms with Gasteiger partial charge in [-0.05, 0) is 12.5 Å². The van der Waals surface area contributed by atoms with E-state index in [1.165, 1.54) is 16.1 Å². The van der Waals surface area contributed by atoms with Gasteiger partial charge >= 0.3 is 0 Å². The largest absolute Gasteiger partial charge is 0.339 e. The number of carbonyl (C=O) groups excluding carboxylic acids is 1. The van der Waals surface area contributed by atoms with Crippen LogP contribution in [0.4, 0.5) is 0 Å². The van der Waals surface area contributed by atoms with Crippen LogP contribution < -0.4 is 0 Å². The molecule has 0 bridgehead atoms. The van der Waals surface area contributed by atoms with Gasteiger partial charge in [0.05, 0.1) is 11.5 Å². The number of rotatable bonds is 5. The van der Waals surface area contributed by atoms with Gasteiger partial charge in [-0.3, -0.25) is 4.79 Å². The van der Waals surface area contributed by atoms with Gasteiger partial charge in [0.25, 0.3) is 0 Å². The molecule has 0 aliphatic carbocycles. The van der Waals surface area contributed by atoms with Gasteiger partial charge < -0.3 is 4.90 Å². The Kier molecular flexibility index (Phi) is 5.88. The topological polar surface area (TPSA) is 57.7 Å². The smallest absolute Gasteiger partial charge is 0.235 e. The fraction of sp³-hybridized carbons (Fsp3) is 0.533. The first-order valence-corrected chi connectivity index (χ1v) is 10.2. The van der Waals surface area contributed by atoms with Crippen LogP contribution >= 0.6 is 11.8 Å². The monoisotopic (exact) mass is 342 g/mol. The van der Waals surface area contributed by atoms with Gasteiger partial charge in [-0.1, -0.05) is 30.3 Å². The van der Waals surface area contributed by atoms with Crippen LogP contribution in [0.25, 0.3) is 0 Å². The van der Waals surface area contributed by atoms with Crippen molar-refractivity contribution in [1.82, 2.24) is 9.21 Å². The standard InChI is InChI=1S/C15H22N2O3S2/c1-13(21-12-14-6-4-3-5-7-14)15(18)16-8-10-17(11-9-16)22(2,19)20/h3-7,13H,8-12H2,1-2H3. The molecule has 1 unspecified atom stereocenters. The second kappa shape index (κ2) is 7.48. The third-order valence-electron chi connectivity index (χ3n) is 3.71. The van der Waals surface area contributed by atoms with Crippen molar-refractivity contribution in [1.29, 1.82) is 0 Å². The quantitative estimate of drug-likeness (QED) is 0.812. The average molecular weight is 342 g/mol. The first-order valence-electron chi connectivity index (χ1n) is 7.27. The average Bonchev–Trinajstić information content (AvgIpc) is 2.52. The van der Waals surface area contributed by atoms with Crippen LogP contribution in [0.15, 0.2) is 30.3 Å². The highest BCUT2D eigenvalue weighted by molar-refractivity contribution is 7.99. The molecule has 0 spiro atoms. The van der Waals surface area contributed by atoms with E-state index >= 15 is 0 Å². The molecule has 0 radical (unpaired) electrons. The van der Waals surface area contributed by atoms with Crippen LogP contribution in [0.2, 0.25) is 0 Å². The second-order valence-electron chi connectivity index (χ2n) is 5.43. The molecule has 1 aliphatic rings. The molecule has 1 saturated heterocycles. The number of carbonyl (C=O) groups is 1. The molecular weight excluding hydrogens is 320 g/mol. The Morgan fingerprint density at radius 3 is 2.32 bits per heavy atom. The van der Waals surface area contributed by atoms with E-state index in [9.17, 15) is 13.2 Å². The number of thioether (sulfide) groups is 1. The second-order valence-corrected chi connectivity index (χ2v) is 8.74. The van der Waals surface area contributed by atoms with Gasteiger partial charge in [0.2, 0.25) is 15.9 Å². The van der Waals surface area contributed by atoms with Crippen LogP contribution in [0, 0.1) is 0 Å². The van der Waals surface area contributed by atoms with Crippen molar-refractivity contribution >= 4 is 27.7 Å². The Morgan fingerprint density at radius 1 is 1.18 bits per heavy atom. The maximum atomic E-state index is 12.4. The maximum Gasteiger partial charge on any atom is 0.235 e. The lowest BCUT2D eigenvalue weighted by molar-refractivity contribution is -0.131. The summed E-state index contributed by atoms with van der Waals surface area (Å²) in [5, 5.41) is -0.120. The molecule has 1 heterocycles. The zero-order valence-corrected chi connectivity index (χ0v) is 14.6. The number of sulfonamides is 1. The van der Waals surface area contributed by atoms with E-state index in [0.717, 1.165) is 5.75 Å². The van der Waals surface area contributed by atoms with Crippen molar-refractivity contribution in [3.63, 3.8) is 0 Å². The first-order chi connectivity index (χ1) is 10.4. The minimum absolute atomic E-state index is 0.0917. The Balaban J connectivity index is 1.82. The Hall–Kier alpha value is -1.05. The summed E-state index contributed by atoms with van der Waals surface area (Å²) in [4.78, 5) is 14.2. The molecule has 0 aromatic heterocycles. The van der Waals surface area contributed by atoms with Crippen LogP contribution in [0.1, 0.15) is 12.5 Å². The minimum Gasteiger partial charge on any atom is -0.339 e. The molecule has 7 heteroatoms. The summed E-state index contributed by atoms with van der Waals surface area (Å²) in [5.74, 6) is 0.894. The third-order valence-corrected chi connectivity index (χ3v) is 6.21. The lowest BCUT2D eigenvalue weighted by atomic mass is 10.2. The highest BCUT2D eigenvalue weighted by Gasteiger charge is 2.28. The lowest BCUT2D eigenvalue weighted by Crippen LogP contribution is -2.51. The van der Waals surface area contributed by atoms with Crippen LogP contribution in [0.5, 0.6) is 0 Å². The summed E-state index contributed by atoms with van der Waals surface area (Å²) in [5.41, 5.74) is 1.20. The molecule has 0 saturated carbocycles. The molecule has 1 amide bonds. The Labute approximate surface area is 136 Å². The van der Waals surface area contributed by atoms with Crippen LogP contribution in [0.3, 0.4) is 0 Å². The molecule has 1 atom stereocenters. The summed E-state index contributed by atoms with van der Waals surface area (Å²) in [6.07, 6.45) is 1.21. The molecule has 0 N–H and O–H groups in total. The number of nitrogens with zero attached hydrogens (tertiary/aromatic N) is 2. The van der Waals surface area contributed by atoms with Gasteiger partial charge in [-0.2, -0.15) is 4.31 Å². The number of amides is 1. The molecule has 122 valence electrons. The van der Waals surface area contributed by atoms with Gasteiger partial charge in [0, 0.05) is 31.9 Å². The molecule has 1 fully saturated rings. The van der Waals surface area contributed by atoms with Gasteiger partial charge in [-0.25, -0.2) is 8.42 Å². The van der Waals surface area contributed by atoms with Crippen molar-refractivity contribution < 1.29 is 13.2 Å². The Bertz CT molecular complexity index is 596. The summed E-state index contributed by atoms with van der Waals surface area (Å²) in [7, 11) is -3.15. The molecule has 1 aromatic rings. The maximum absolute atomic E-state index is 12.4. The summed E-state index contributed by atoms with van der Waals surface area (Å²) in [6.45, 7) is 3.64. The van der Waals surface area contributed by atoms with E-state index < -0.39 is 10.0 Å². The zero-order valence-electron chi connectivity index (χ0n) is 12.9. The molecule has 2 rings (SSSR count). The molecule has 5 nitrogen and oxygen atoms in total. The van der Waals surface area contributed by atoms with E-state index in [1.807, 2.05) is 25.1 Å². The van der Waals surface area contributed by atoms with E-state index in [4.69, 9.17) is 0 Å². The number of hydrogen-bond acceptors (Lipinski definition) is 4. The predicted octanol–water partition coefficient (Wildman–Crippen LogP) is 1.41. The van der Waals surface area contributed by atoms with E-state index in [1.54, 1.807) is 16.7 Å². The van der Waals surface area contributed by atoms with Gasteiger partial charge in [0.1, 0.15) is 0 Å². The fourth-order valence-corrected chi connectivity index (χ4v) is 4.12. The number of hydrogen-bond donors (Lipinski definition) is 0. The van der Waals surface area contributed by atoms with Gasteiger partial charge in [-0.15, -0.1) is 11.8 Å². The lowest BCUT2D eigenvalue weighted by Gasteiger charge is -2.34. The number of benzene rings is 1. The van der Waals surface area contributed by atoms with Crippen molar-refractivity contribution in [2.75, 3.05) is 32.4 Å². The summed E-state index contributed by atoms with van der Waals surface area (Å²) >= 11 is 1.61. The van der Waals surface area contributed by atoms with Crippen LogP contribution in [-0.2, 0) is 20.6 Å². The highest BCUT2D eigenvalue weighted by atomic mass is 32.2. The normalized spacial score (nSPS) is 18.2. The molecule has 1 aliphatic heterocycles. The van der Waals surface area contributed by atoms with E-state index in [0.29, 0.717) is 26.2 Å². The van der Waals surface area contributed by atoms with Crippen molar-refractivity contribution in [2.24, 2.45) is 0 Å². The first kappa shape index (κ1) is 17.3. The fourth-order valence-electron chi connectivity index (χ4n) is 2.36. The Morgan fingerprint density at radius 2 is 1.77 bits per heavy atom. The zero-order chi connectivity index (χ0) is 16.2. The molecule has 22 heavy (non-hydrogen) atoms. The van der Waals surface area contributed by atoms with Crippen molar-refractivity contribution in [3.8, 4) is 0 Å². The van der Waals surface area contributed by atoms with E-state index in [-0.39, 0.29) is 11.2 Å². The van der Waals surface area contributed by atoms with Crippen LogP contribution in [-0.4, -0.2) is 61.2 Å². The van der Waals surface area contributed by atoms with Crippen molar-refractivity contribution in [2.45, 2.75) is 17.9 Å². The molecular formula is C15H22N2O3S2. The SMILES string of the molecule is CC(SCc1ccccc1)C(=O)N1CCN(S(C)(=O)=O)CC1. The third kappa shape index (κ3) is 4.72. The summed E-state index contributed by atoms with van der Waals surface area (Å²) in [6, 6.07) is 10.1. The van der Waals surface area contributed by atoms with E-state index in [2.05, 4.69) is 12.1 Å². The minimum atomic E-state index is -3.15. The molecule has 1 aromatic carbocycles. The number of piperazine rings is 1. The highest BCUT2D eigenvalue weighted by Crippen LogP contribution is 2.20. The van der Waals surface area contributed by atoms with Gasteiger partial charge in [0.15, 0.2) is 0 Å². The van der Waals surface area contributed by atoms with Crippen molar-refractivity contribution in [3.05, 3.63) is 35.9 Å².